The van der Waals surface area contributed by atoms with Gasteiger partial charge in [-0.25, -0.2) is 0 Å². The fourth-order valence-corrected chi connectivity index (χ4v) is 4.73. The monoisotopic (exact) mass is 460 g/mol. The van der Waals surface area contributed by atoms with Crippen molar-refractivity contribution in [2.24, 2.45) is 7.05 Å². The Labute approximate surface area is 196 Å². The molecule has 3 aromatic carbocycles. The van der Waals surface area contributed by atoms with Crippen LogP contribution in [0.15, 0.2) is 71.9 Å². The standard InChI is InChI=1S/C25H24N4O3S/c1-16(18-11-7-9-17-8-3-4-10-19(17)18)26-23(30)15-33-25-28-27-24(29(25)2)22-14-31-20-12-5-6-13-21(20)32-22/h3-13,16,22H,14-15H2,1-2H3,(H,26,30). The first-order chi connectivity index (χ1) is 16.1. The molecule has 2 heterocycles. The Hall–Kier alpha value is -3.52. The number of carbonyl (C=O) groups is 1. The van der Waals surface area contributed by atoms with Crippen LogP contribution in [0.4, 0.5) is 0 Å². The summed E-state index contributed by atoms with van der Waals surface area (Å²) in [5.74, 6) is 2.26. The third kappa shape index (κ3) is 4.39. The first-order valence-corrected chi connectivity index (χ1v) is 11.8. The van der Waals surface area contributed by atoms with Gasteiger partial charge in [0.25, 0.3) is 0 Å². The van der Waals surface area contributed by atoms with Gasteiger partial charge in [0.05, 0.1) is 11.8 Å². The summed E-state index contributed by atoms with van der Waals surface area (Å²) in [6.45, 7) is 2.36. The molecular weight excluding hydrogens is 436 g/mol. The van der Waals surface area contributed by atoms with Crippen molar-refractivity contribution >= 4 is 28.4 Å². The van der Waals surface area contributed by atoms with Crippen LogP contribution < -0.4 is 14.8 Å². The fourth-order valence-electron chi connectivity index (χ4n) is 4.00. The Bertz CT molecular complexity index is 1300. The average Bonchev–Trinajstić information content (AvgIpc) is 3.22. The van der Waals surface area contributed by atoms with Crippen LogP contribution in [-0.2, 0) is 11.8 Å². The lowest BCUT2D eigenvalue weighted by Gasteiger charge is -2.25. The highest BCUT2D eigenvalue weighted by Crippen LogP contribution is 2.35. The van der Waals surface area contributed by atoms with E-state index >= 15 is 0 Å². The highest BCUT2D eigenvalue weighted by molar-refractivity contribution is 7.99. The van der Waals surface area contributed by atoms with Gasteiger partial charge in [-0.2, -0.15) is 0 Å². The number of aromatic nitrogens is 3. The predicted octanol–water partition coefficient (Wildman–Crippen LogP) is 4.45. The Morgan fingerprint density at radius 3 is 2.73 bits per heavy atom. The van der Waals surface area contributed by atoms with Gasteiger partial charge in [0, 0.05) is 7.05 Å². The molecule has 4 aromatic rings. The van der Waals surface area contributed by atoms with Crippen molar-refractivity contribution in [1.82, 2.24) is 20.1 Å². The molecule has 2 unspecified atom stereocenters. The smallest absolute Gasteiger partial charge is 0.230 e. The summed E-state index contributed by atoms with van der Waals surface area (Å²) in [6, 6.07) is 21.8. The number of fused-ring (bicyclic) bond motifs is 2. The maximum Gasteiger partial charge on any atom is 0.230 e. The molecule has 8 heteroatoms. The predicted molar refractivity (Wildman–Crippen MR) is 128 cm³/mol. The third-order valence-electron chi connectivity index (χ3n) is 5.66. The number of carbonyl (C=O) groups excluding carboxylic acids is 1. The summed E-state index contributed by atoms with van der Waals surface area (Å²) in [5.41, 5.74) is 1.10. The van der Waals surface area contributed by atoms with Crippen molar-refractivity contribution in [3.63, 3.8) is 0 Å². The number of amides is 1. The van der Waals surface area contributed by atoms with E-state index in [9.17, 15) is 4.79 Å². The zero-order valence-corrected chi connectivity index (χ0v) is 19.2. The largest absolute Gasteiger partial charge is 0.485 e. The number of para-hydroxylation sites is 2. The van der Waals surface area contributed by atoms with Crippen LogP contribution in [0.5, 0.6) is 11.5 Å². The number of benzene rings is 3. The molecule has 0 fully saturated rings. The van der Waals surface area contributed by atoms with Crippen LogP contribution in [0, 0.1) is 0 Å². The highest BCUT2D eigenvalue weighted by Gasteiger charge is 2.27. The SMILES string of the molecule is CC(NC(=O)CSc1nnc(C2COc3ccccc3O2)n1C)c1cccc2ccccc12. The van der Waals surface area contributed by atoms with Gasteiger partial charge < -0.3 is 19.4 Å². The van der Waals surface area contributed by atoms with E-state index in [1.165, 1.54) is 11.8 Å². The minimum absolute atomic E-state index is 0.0591. The lowest BCUT2D eigenvalue weighted by molar-refractivity contribution is -0.119. The van der Waals surface area contributed by atoms with E-state index in [0.717, 1.165) is 22.1 Å². The Morgan fingerprint density at radius 1 is 1.09 bits per heavy atom. The first-order valence-electron chi connectivity index (χ1n) is 10.8. The van der Waals surface area contributed by atoms with Gasteiger partial charge in [-0.05, 0) is 35.4 Å². The van der Waals surface area contributed by atoms with Gasteiger partial charge in [-0.3, -0.25) is 4.79 Å². The Morgan fingerprint density at radius 2 is 1.85 bits per heavy atom. The van der Waals surface area contributed by atoms with Gasteiger partial charge in [0.1, 0.15) is 6.61 Å². The molecule has 0 saturated heterocycles. The molecule has 0 saturated carbocycles. The molecule has 0 radical (unpaired) electrons. The molecule has 1 amide bonds. The van der Waals surface area contributed by atoms with E-state index < -0.39 is 0 Å². The second-order valence-electron chi connectivity index (χ2n) is 7.91. The van der Waals surface area contributed by atoms with E-state index in [-0.39, 0.29) is 23.8 Å². The minimum Gasteiger partial charge on any atom is -0.485 e. The molecule has 168 valence electrons. The van der Waals surface area contributed by atoms with Crippen LogP contribution >= 0.6 is 11.8 Å². The number of nitrogens with zero attached hydrogens (tertiary/aromatic N) is 3. The second kappa shape index (κ2) is 9.15. The topological polar surface area (TPSA) is 78.3 Å². The number of rotatable bonds is 6. The normalized spacial score (nSPS) is 15.9. The van der Waals surface area contributed by atoms with Gasteiger partial charge >= 0.3 is 0 Å². The van der Waals surface area contributed by atoms with Crippen LogP contribution in [0.25, 0.3) is 10.8 Å². The van der Waals surface area contributed by atoms with Crippen LogP contribution in [0.1, 0.15) is 30.5 Å². The maximum absolute atomic E-state index is 12.7. The maximum atomic E-state index is 12.7. The van der Waals surface area contributed by atoms with E-state index in [0.29, 0.717) is 23.3 Å². The molecule has 0 aliphatic carbocycles. The Balaban J connectivity index is 1.21. The highest BCUT2D eigenvalue weighted by atomic mass is 32.2. The van der Waals surface area contributed by atoms with Crippen molar-refractivity contribution < 1.29 is 14.3 Å². The van der Waals surface area contributed by atoms with Gasteiger partial charge in [0.15, 0.2) is 28.6 Å². The van der Waals surface area contributed by atoms with Crippen molar-refractivity contribution in [1.29, 1.82) is 0 Å². The molecule has 1 aromatic heterocycles. The van der Waals surface area contributed by atoms with Gasteiger partial charge in [0.2, 0.25) is 5.91 Å². The lowest BCUT2D eigenvalue weighted by Crippen LogP contribution is -2.28. The molecule has 1 aliphatic rings. The minimum atomic E-state index is -0.355. The third-order valence-corrected chi connectivity index (χ3v) is 6.69. The first kappa shape index (κ1) is 21.3. The lowest BCUT2D eigenvalue weighted by atomic mass is 10.00. The van der Waals surface area contributed by atoms with E-state index in [2.05, 4.69) is 39.8 Å². The van der Waals surface area contributed by atoms with E-state index in [1.54, 1.807) is 0 Å². The number of nitrogens with one attached hydrogen (secondary N) is 1. The molecule has 2 atom stereocenters. The number of hydrogen-bond acceptors (Lipinski definition) is 6. The van der Waals surface area contributed by atoms with Crippen LogP contribution in [0.2, 0.25) is 0 Å². The number of ether oxygens (including phenoxy) is 2. The summed E-state index contributed by atoms with van der Waals surface area (Å²) in [6.07, 6.45) is -0.355. The zero-order valence-electron chi connectivity index (χ0n) is 18.4. The summed E-state index contributed by atoms with van der Waals surface area (Å²) in [5, 5.41) is 14.6. The number of hydrogen-bond donors (Lipinski definition) is 1. The van der Waals surface area contributed by atoms with Crippen LogP contribution in [0.3, 0.4) is 0 Å². The van der Waals surface area contributed by atoms with Crippen molar-refractivity contribution in [2.75, 3.05) is 12.4 Å². The molecule has 1 aliphatic heterocycles. The van der Waals surface area contributed by atoms with Crippen molar-refractivity contribution in [3.8, 4) is 11.5 Å². The van der Waals surface area contributed by atoms with E-state index in [1.807, 2.05) is 61.0 Å². The summed E-state index contributed by atoms with van der Waals surface area (Å²) < 4.78 is 13.7. The second-order valence-corrected chi connectivity index (χ2v) is 8.85. The van der Waals surface area contributed by atoms with Crippen molar-refractivity contribution in [2.45, 2.75) is 24.2 Å². The molecular formula is C25H24N4O3S. The van der Waals surface area contributed by atoms with E-state index in [4.69, 9.17) is 9.47 Å². The number of thioether (sulfide) groups is 1. The van der Waals surface area contributed by atoms with Gasteiger partial charge in [-0.15, -0.1) is 10.2 Å². The molecule has 0 bridgehead atoms. The summed E-state index contributed by atoms with van der Waals surface area (Å²) >= 11 is 1.35. The van der Waals surface area contributed by atoms with Gasteiger partial charge in [-0.1, -0.05) is 66.4 Å². The Kier molecular flexibility index (Phi) is 5.92. The molecule has 0 spiro atoms. The fraction of sp³-hybridized carbons (Fsp3) is 0.240. The van der Waals surface area contributed by atoms with Crippen molar-refractivity contribution in [3.05, 3.63) is 78.1 Å². The quantitative estimate of drug-likeness (QED) is 0.429. The molecule has 7 nitrogen and oxygen atoms in total. The summed E-state index contributed by atoms with van der Waals surface area (Å²) in [7, 11) is 1.87. The summed E-state index contributed by atoms with van der Waals surface area (Å²) in [4.78, 5) is 12.7. The molecule has 5 rings (SSSR count). The average molecular weight is 461 g/mol. The molecule has 1 N–H and O–H groups in total. The molecule has 33 heavy (non-hydrogen) atoms. The van der Waals surface area contributed by atoms with Crippen LogP contribution in [-0.4, -0.2) is 33.0 Å². The zero-order chi connectivity index (χ0) is 22.8.